The van der Waals surface area contributed by atoms with Crippen molar-refractivity contribution in [3.8, 4) is 0 Å². The SMILES string of the molecule is CCC1CCC(C(O)Cc2c(F)cccc2Cl)C1. The lowest BCUT2D eigenvalue weighted by Crippen LogP contribution is -2.21. The van der Waals surface area contributed by atoms with Gasteiger partial charge < -0.3 is 5.11 Å². The molecule has 3 unspecified atom stereocenters. The number of hydrogen-bond acceptors (Lipinski definition) is 1. The normalized spacial score (nSPS) is 25.3. The minimum Gasteiger partial charge on any atom is -0.392 e. The zero-order valence-corrected chi connectivity index (χ0v) is 11.5. The van der Waals surface area contributed by atoms with Crippen LogP contribution in [0.25, 0.3) is 0 Å². The fourth-order valence-electron chi connectivity index (χ4n) is 2.94. The van der Waals surface area contributed by atoms with Gasteiger partial charge in [0.15, 0.2) is 0 Å². The molecule has 0 aliphatic heterocycles. The van der Waals surface area contributed by atoms with E-state index in [0.29, 0.717) is 22.9 Å². The van der Waals surface area contributed by atoms with Crippen LogP contribution in [-0.2, 0) is 6.42 Å². The highest BCUT2D eigenvalue weighted by Gasteiger charge is 2.29. The maximum atomic E-state index is 13.6. The lowest BCUT2D eigenvalue weighted by molar-refractivity contribution is 0.107. The van der Waals surface area contributed by atoms with Crippen LogP contribution in [0.5, 0.6) is 0 Å². The summed E-state index contributed by atoms with van der Waals surface area (Å²) in [6, 6.07) is 4.67. The molecule has 1 aliphatic rings. The first-order chi connectivity index (χ1) is 8.61. The molecule has 0 aromatic heterocycles. The van der Waals surface area contributed by atoms with Gasteiger partial charge >= 0.3 is 0 Å². The minimum atomic E-state index is -0.476. The Balaban J connectivity index is 2.01. The molecule has 1 fully saturated rings. The van der Waals surface area contributed by atoms with Crippen LogP contribution in [0, 0.1) is 17.7 Å². The van der Waals surface area contributed by atoms with Gasteiger partial charge in [-0.3, -0.25) is 0 Å². The van der Waals surface area contributed by atoms with E-state index in [1.165, 1.54) is 18.9 Å². The molecular weight excluding hydrogens is 251 g/mol. The zero-order chi connectivity index (χ0) is 13.1. The molecule has 2 rings (SSSR count). The lowest BCUT2D eigenvalue weighted by Gasteiger charge is -2.19. The van der Waals surface area contributed by atoms with E-state index >= 15 is 0 Å². The molecule has 0 spiro atoms. The van der Waals surface area contributed by atoms with Crippen molar-refractivity contribution in [2.45, 2.75) is 45.1 Å². The average molecular weight is 271 g/mol. The van der Waals surface area contributed by atoms with Gasteiger partial charge in [0.1, 0.15) is 5.82 Å². The van der Waals surface area contributed by atoms with Crippen molar-refractivity contribution in [3.05, 3.63) is 34.6 Å². The number of aliphatic hydroxyl groups is 1. The van der Waals surface area contributed by atoms with Crippen LogP contribution in [0.4, 0.5) is 4.39 Å². The van der Waals surface area contributed by atoms with Crippen LogP contribution in [0.15, 0.2) is 18.2 Å². The smallest absolute Gasteiger partial charge is 0.127 e. The van der Waals surface area contributed by atoms with Gasteiger partial charge in [-0.15, -0.1) is 0 Å². The van der Waals surface area contributed by atoms with Crippen molar-refractivity contribution in [3.63, 3.8) is 0 Å². The Labute approximate surface area is 113 Å². The van der Waals surface area contributed by atoms with Gasteiger partial charge in [0.2, 0.25) is 0 Å². The third-order valence-electron chi connectivity index (χ3n) is 4.18. The van der Waals surface area contributed by atoms with E-state index in [-0.39, 0.29) is 5.82 Å². The van der Waals surface area contributed by atoms with E-state index in [2.05, 4.69) is 6.92 Å². The standard InChI is InChI=1S/C15H20ClFO/c1-2-10-6-7-11(8-10)15(18)9-12-13(16)4-3-5-14(12)17/h3-5,10-11,15,18H,2,6-9H2,1H3. The van der Waals surface area contributed by atoms with E-state index in [9.17, 15) is 9.50 Å². The summed E-state index contributed by atoms with van der Waals surface area (Å²) in [5.74, 6) is 0.706. The average Bonchev–Trinajstić information content (AvgIpc) is 2.82. The zero-order valence-electron chi connectivity index (χ0n) is 10.7. The Morgan fingerprint density at radius 2 is 2.22 bits per heavy atom. The second kappa shape index (κ2) is 6.03. The van der Waals surface area contributed by atoms with Gasteiger partial charge in [0.25, 0.3) is 0 Å². The molecule has 3 heteroatoms. The molecule has 1 aromatic rings. The summed E-state index contributed by atoms with van der Waals surface area (Å²) >= 11 is 5.99. The molecule has 0 amide bonds. The summed E-state index contributed by atoms with van der Waals surface area (Å²) in [7, 11) is 0. The van der Waals surface area contributed by atoms with Crippen molar-refractivity contribution in [2.75, 3.05) is 0 Å². The monoisotopic (exact) mass is 270 g/mol. The van der Waals surface area contributed by atoms with Crippen molar-refractivity contribution in [1.82, 2.24) is 0 Å². The summed E-state index contributed by atoms with van der Waals surface area (Å²) in [4.78, 5) is 0. The van der Waals surface area contributed by atoms with Gasteiger partial charge in [0, 0.05) is 17.0 Å². The van der Waals surface area contributed by atoms with Crippen molar-refractivity contribution >= 4 is 11.6 Å². The number of rotatable bonds is 4. The molecule has 3 atom stereocenters. The molecule has 1 nitrogen and oxygen atoms in total. The second-order valence-electron chi connectivity index (χ2n) is 5.32. The van der Waals surface area contributed by atoms with Crippen LogP contribution in [-0.4, -0.2) is 11.2 Å². The first-order valence-corrected chi connectivity index (χ1v) is 7.10. The first kappa shape index (κ1) is 13.8. The summed E-state index contributed by atoms with van der Waals surface area (Å²) in [5, 5.41) is 10.7. The third-order valence-corrected chi connectivity index (χ3v) is 4.53. The molecule has 1 saturated carbocycles. The molecule has 1 N–H and O–H groups in total. The van der Waals surface area contributed by atoms with Crippen LogP contribution in [0.3, 0.4) is 0 Å². The largest absolute Gasteiger partial charge is 0.392 e. The van der Waals surface area contributed by atoms with Crippen molar-refractivity contribution in [1.29, 1.82) is 0 Å². The summed E-state index contributed by atoms with van der Waals surface area (Å²) in [6.07, 6.45) is 4.31. The molecular formula is C15H20ClFO. The lowest BCUT2D eigenvalue weighted by atomic mass is 9.93. The number of benzene rings is 1. The van der Waals surface area contributed by atoms with Gasteiger partial charge in [-0.1, -0.05) is 37.4 Å². The molecule has 1 aliphatic carbocycles. The third kappa shape index (κ3) is 3.04. The van der Waals surface area contributed by atoms with E-state index in [4.69, 9.17) is 11.6 Å². The van der Waals surface area contributed by atoms with E-state index in [1.807, 2.05) is 0 Å². The van der Waals surface area contributed by atoms with Crippen LogP contribution >= 0.6 is 11.6 Å². The van der Waals surface area contributed by atoms with Crippen LogP contribution in [0.2, 0.25) is 5.02 Å². The van der Waals surface area contributed by atoms with E-state index in [1.54, 1.807) is 12.1 Å². The second-order valence-corrected chi connectivity index (χ2v) is 5.73. The molecule has 0 heterocycles. The van der Waals surface area contributed by atoms with Gasteiger partial charge in [-0.05, 0) is 36.8 Å². The van der Waals surface area contributed by atoms with Gasteiger partial charge in [0.05, 0.1) is 6.10 Å². The van der Waals surface area contributed by atoms with E-state index < -0.39 is 6.10 Å². The highest BCUT2D eigenvalue weighted by molar-refractivity contribution is 6.31. The Hall–Kier alpha value is -0.600. The van der Waals surface area contributed by atoms with Crippen molar-refractivity contribution in [2.24, 2.45) is 11.8 Å². The molecule has 18 heavy (non-hydrogen) atoms. The molecule has 0 bridgehead atoms. The van der Waals surface area contributed by atoms with Crippen LogP contribution in [0.1, 0.15) is 38.2 Å². The molecule has 0 radical (unpaired) electrons. The first-order valence-electron chi connectivity index (χ1n) is 6.72. The van der Waals surface area contributed by atoms with Crippen LogP contribution < -0.4 is 0 Å². The minimum absolute atomic E-state index is 0.297. The van der Waals surface area contributed by atoms with E-state index in [0.717, 1.165) is 18.8 Å². The van der Waals surface area contributed by atoms with Gasteiger partial charge in [-0.2, -0.15) is 0 Å². The fourth-order valence-corrected chi connectivity index (χ4v) is 3.18. The molecule has 100 valence electrons. The highest BCUT2D eigenvalue weighted by atomic mass is 35.5. The molecule has 0 saturated heterocycles. The predicted octanol–water partition coefficient (Wildman–Crippen LogP) is 4.21. The summed E-state index contributed by atoms with van der Waals surface area (Å²) < 4.78 is 13.6. The topological polar surface area (TPSA) is 20.2 Å². The van der Waals surface area contributed by atoms with Gasteiger partial charge in [-0.25, -0.2) is 4.39 Å². The maximum Gasteiger partial charge on any atom is 0.127 e. The Morgan fingerprint density at radius 1 is 1.44 bits per heavy atom. The summed E-state index contributed by atoms with van der Waals surface area (Å²) in [6.45, 7) is 2.19. The summed E-state index contributed by atoms with van der Waals surface area (Å²) in [5.41, 5.74) is 0.451. The Kier molecular flexibility index (Phi) is 4.63. The number of aliphatic hydroxyl groups excluding tert-OH is 1. The number of halogens is 2. The number of hydrogen-bond donors (Lipinski definition) is 1. The predicted molar refractivity (Wildman–Crippen MR) is 72.2 cm³/mol. The quantitative estimate of drug-likeness (QED) is 0.869. The maximum absolute atomic E-state index is 13.6. The Bertz CT molecular complexity index is 387. The van der Waals surface area contributed by atoms with Crippen molar-refractivity contribution < 1.29 is 9.50 Å². The molecule has 1 aromatic carbocycles. The Morgan fingerprint density at radius 3 is 2.83 bits per heavy atom. The fraction of sp³-hybridized carbons (Fsp3) is 0.600. The highest BCUT2D eigenvalue weighted by Crippen LogP contribution is 2.36.